The fraction of sp³-hybridized carbons (Fsp3) is 0.429. The molecule has 10 nitrogen and oxygen atoms in total. The second kappa shape index (κ2) is 8.29. The van der Waals surface area contributed by atoms with Crippen molar-refractivity contribution in [3.63, 3.8) is 0 Å². The number of amides is 3. The second-order valence-electron chi connectivity index (χ2n) is 7.45. The van der Waals surface area contributed by atoms with Crippen LogP contribution in [0.5, 0.6) is 11.5 Å². The number of imide groups is 1. The quantitative estimate of drug-likeness (QED) is 0.714. The average molecular weight is 428 g/mol. The molecule has 10 heteroatoms. The first kappa shape index (κ1) is 20.7. The van der Waals surface area contributed by atoms with Crippen LogP contribution in [0.2, 0.25) is 0 Å². The van der Waals surface area contributed by atoms with Gasteiger partial charge in [0, 0.05) is 31.7 Å². The molecule has 1 aromatic carbocycles. The van der Waals surface area contributed by atoms with Crippen molar-refractivity contribution in [1.82, 2.24) is 19.6 Å². The zero-order valence-electron chi connectivity index (χ0n) is 17.7. The summed E-state index contributed by atoms with van der Waals surface area (Å²) < 4.78 is 17.1. The maximum absolute atomic E-state index is 13.1. The molecule has 1 aromatic heterocycles. The Kier molecular flexibility index (Phi) is 5.53. The lowest BCUT2D eigenvalue weighted by atomic mass is 10.0. The Balaban J connectivity index is 1.50. The van der Waals surface area contributed by atoms with Gasteiger partial charge in [0.25, 0.3) is 11.8 Å². The normalized spacial score (nSPS) is 17.1. The SMILES string of the molecule is COc1ccc(OC)c(-c2cc(C(=O)N3CCC(N4C(=O)COC4=O)CC3)n(C)n2)c1. The number of cyclic esters (lactones) is 1. The van der Waals surface area contributed by atoms with E-state index in [-0.39, 0.29) is 24.5 Å². The van der Waals surface area contributed by atoms with Gasteiger partial charge in [-0.25, -0.2) is 9.69 Å². The van der Waals surface area contributed by atoms with Crippen molar-refractivity contribution < 1.29 is 28.6 Å². The van der Waals surface area contributed by atoms with Gasteiger partial charge < -0.3 is 19.1 Å². The molecular formula is C21H24N4O6. The molecule has 0 unspecified atom stereocenters. The van der Waals surface area contributed by atoms with Crippen LogP contribution in [0.3, 0.4) is 0 Å². The van der Waals surface area contributed by atoms with Crippen molar-refractivity contribution in [2.75, 3.05) is 33.9 Å². The van der Waals surface area contributed by atoms with Gasteiger partial charge in [0.05, 0.1) is 19.9 Å². The van der Waals surface area contributed by atoms with E-state index in [1.807, 2.05) is 6.07 Å². The van der Waals surface area contributed by atoms with Crippen molar-refractivity contribution in [1.29, 1.82) is 0 Å². The van der Waals surface area contributed by atoms with Crippen LogP contribution in [0, 0.1) is 0 Å². The van der Waals surface area contributed by atoms with Gasteiger partial charge in [-0.2, -0.15) is 5.10 Å². The lowest BCUT2D eigenvalue weighted by Crippen LogP contribution is -2.48. The van der Waals surface area contributed by atoms with Crippen molar-refractivity contribution in [2.45, 2.75) is 18.9 Å². The van der Waals surface area contributed by atoms with Crippen LogP contribution >= 0.6 is 0 Å². The number of benzene rings is 1. The zero-order valence-corrected chi connectivity index (χ0v) is 17.7. The summed E-state index contributed by atoms with van der Waals surface area (Å²) in [4.78, 5) is 39.7. The maximum Gasteiger partial charge on any atom is 0.417 e. The number of carbonyl (C=O) groups excluding carboxylic acids is 3. The molecule has 0 N–H and O–H groups in total. The van der Waals surface area contributed by atoms with Gasteiger partial charge in [-0.05, 0) is 37.1 Å². The first-order valence-corrected chi connectivity index (χ1v) is 9.97. The number of nitrogens with zero attached hydrogens (tertiary/aromatic N) is 4. The van der Waals surface area contributed by atoms with Gasteiger partial charge in [0.15, 0.2) is 6.61 Å². The second-order valence-corrected chi connectivity index (χ2v) is 7.45. The van der Waals surface area contributed by atoms with Crippen LogP contribution in [-0.2, 0) is 16.6 Å². The number of carbonyl (C=O) groups is 3. The number of ether oxygens (including phenoxy) is 3. The predicted octanol–water partition coefficient (Wildman–Crippen LogP) is 1.69. The fourth-order valence-electron chi connectivity index (χ4n) is 4.02. The van der Waals surface area contributed by atoms with E-state index in [4.69, 9.17) is 14.2 Å². The Morgan fingerprint density at radius 2 is 1.87 bits per heavy atom. The molecule has 4 rings (SSSR count). The van der Waals surface area contributed by atoms with Crippen LogP contribution < -0.4 is 9.47 Å². The van der Waals surface area contributed by atoms with E-state index in [1.165, 1.54) is 4.90 Å². The standard InChI is InChI=1S/C21H24N4O6/c1-23-17(11-16(22-23)15-10-14(29-2)4-5-18(15)30-3)20(27)24-8-6-13(7-9-24)25-19(26)12-31-21(25)28/h4-5,10-11,13H,6-9,12H2,1-3H3. The molecule has 2 saturated heterocycles. The molecule has 0 spiro atoms. The fourth-order valence-corrected chi connectivity index (χ4v) is 4.02. The third-order valence-corrected chi connectivity index (χ3v) is 5.68. The van der Waals surface area contributed by atoms with Crippen LogP contribution in [0.4, 0.5) is 4.79 Å². The number of methoxy groups -OCH3 is 2. The van der Waals surface area contributed by atoms with Crippen molar-refractivity contribution >= 4 is 17.9 Å². The van der Waals surface area contributed by atoms with Gasteiger partial charge in [-0.15, -0.1) is 0 Å². The summed E-state index contributed by atoms with van der Waals surface area (Å²) in [5, 5.41) is 4.50. The van der Waals surface area contributed by atoms with E-state index in [2.05, 4.69) is 5.10 Å². The molecule has 0 aliphatic carbocycles. The van der Waals surface area contributed by atoms with Crippen molar-refractivity contribution in [2.24, 2.45) is 7.05 Å². The highest BCUT2D eigenvalue weighted by molar-refractivity contribution is 5.98. The number of hydrogen-bond acceptors (Lipinski definition) is 7. The van der Waals surface area contributed by atoms with Gasteiger partial charge in [0.1, 0.15) is 17.2 Å². The molecular weight excluding hydrogens is 404 g/mol. The highest BCUT2D eigenvalue weighted by atomic mass is 16.6. The summed E-state index contributed by atoms with van der Waals surface area (Å²) in [7, 11) is 4.87. The highest BCUT2D eigenvalue weighted by Gasteiger charge is 2.39. The number of aryl methyl sites for hydroxylation is 1. The molecule has 2 fully saturated rings. The van der Waals surface area contributed by atoms with E-state index < -0.39 is 6.09 Å². The van der Waals surface area contributed by atoms with Gasteiger partial charge >= 0.3 is 6.09 Å². The van der Waals surface area contributed by atoms with E-state index in [9.17, 15) is 14.4 Å². The minimum Gasteiger partial charge on any atom is -0.497 e. The first-order valence-electron chi connectivity index (χ1n) is 9.97. The third-order valence-electron chi connectivity index (χ3n) is 5.68. The molecule has 0 radical (unpaired) electrons. The third kappa shape index (κ3) is 3.80. The molecule has 3 amide bonds. The highest BCUT2D eigenvalue weighted by Crippen LogP contribution is 2.33. The summed E-state index contributed by atoms with van der Waals surface area (Å²) in [5.74, 6) is 0.808. The Morgan fingerprint density at radius 3 is 2.48 bits per heavy atom. The summed E-state index contributed by atoms with van der Waals surface area (Å²) in [5.41, 5.74) is 1.76. The Bertz CT molecular complexity index is 1010. The Morgan fingerprint density at radius 1 is 1.13 bits per heavy atom. The molecule has 164 valence electrons. The summed E-state index contributed by atoms with van der Waals surface area (Å²) in [6, 6.07) is 6.89. The number of aromatic nitrogens is 2. The predicted molar refractivity (Wildman–Crippen MR) is 109 cm³/mol. The van der Waals surface area contributed by atoms with E-state index in [0.29, 0.717) is 48.8 Å². The minimum atomic E-state index is -0.599. The molecule has 2 aromatic rings. The van der Waals surface area contributed by atoms with E-state index in [0.717, 1.165) is 5.56 Å². The van der Waals surface area contributed by atoms with Crippen molar-refractivity contribution in [3.8, 4) is 22.8 Å². The number of likely N-dealkylation sites (tertiary alicyclic amines) is 1. The maximum atomic E-state index is 13.1. The number of piperidine rings is 1. The molecule has 0 atom stereocenters. The lowest BCUT2D eigenvalue weighted by Gasteiger charge is -2.34. The van der Waals surface area contributed by atoms with Gasteiger partial charge in [0.2, 0.25) is 0 Å². The molecule has 0 bridgehead atoms. The molecule has 0 saturated carbocycles. The van der Waals surface area contributed by atoms with Gasteiger partial charge in [-0.1, -0.05) is 0 Å². The van der Waals surface area contributed by atoms with Gasteiger partial charge in [-0.3, -0.25) is 14.3 Å². The van der Waals surface area contributed by atoms with Crippen LogP contribution in [0.1, 0.15) is 23.3 Å². The van der Waals surface area contributed by atoms with Crippen LogP contribution in [0.15, 0.2) is 24.3 Å². The molecule has 3 heterocycles. The topological polar surface area (TPSA) is 103 Å². The largest absolute Gasteiger partial charge is 0.497 e. The minimum absolute atomic E-state index is 0.156. The van der Waals surface area contributed by atoms with E-state index >= 15 is 0 Å². The molecule has 2 aliphatic heterocycles. The smallest absolute Gasteiger partial charge is 0.417 e. The summed E-state index contributed by atoms with van der Waals surface area (Å²) in [6.07, 6.45) is 0.431. The van der Waals surface area contributed by atoms with Crippen LogP contribution in [0.25, 0.3) is 11.3 Å². The molecule has 31 heavy (non-hydrogen) atoms. The zero-order chi connectivity index (χ0) is 22.1. The van der Waals surface area contributed by atoms with Crippen molar-refractivity contribution in [3.05, 3.63) is 30.0 Å². The summed E-state index contributed by atoms with van der Waals surface area (Å²) >= 11 is 0. The number of rotatable bonds is 5. The Hall–Kier alpha value is -3.56. The lowest BCUT2D eigenvalue weighted by molar-refractivity contribution is -0.127. The monoisotopic (exact) mass is 428 g/mol. The van der Waals surface area contributed by atoms with Crippen LogP contribution in [-0.4, -0.2) is 77.4 Å². The Labute approximate surface area is 179 Å². The molecule has 2 aliphatic rings. The number of hydrogen-bond donors (Lipinski definition) is 0. The van der Waals surface area contributed by atoms with E-state index in [1.54, 1.807) is 49.0 Å². The first-order chi connectivity index (χ1) is 14.9. The average Bonchev–Trinajstić information content (AvgIpc) is 3.34. The summed E-state index contributed by atoms with van der Waals surface area (Å²) in [6.45, 7) is 0.663.